The van der Waals surface area contributed by atoms with Gasteiger partial charge in [-0.05, 0) is 19.4 Å². The number of carbonyl (C=O) groups excluding carboxylic acids is 1. The van der Waals surface area contributed by atoms with Crippen molar-refractivity contribution in [2.24, 2.45) is 0 Å². The van der Waals surface area contributed by atoms with Crippen molar-refractivity contribution in [3.05, 3.63) is 18.0 Å². The first-order valence-corrected chi connectivity index (χ1v) is 10.3. The Morgan fingerprint density at radius 3 is 2.62 bits per heavy atom. The number of hydrogen-bond acceptors (Lipinski definition) is 4. The maximum absolute atomic E-state index is 12.1. The van der Waals surface area contributed by atoms with E-state index in [-0.39, 0.29) is 22.4 Å². The molecule has 0 radical (unpaired) electrons. The Bertz CT molecular complexity index is 640. The third-order valence-electron chi connectivity index (χ3n) is 2.97. The molecule has 0 saturated heterocycles. The van der Waals surface area contributed by atoms with Gasteiger partial charge in [0, 0.05) is 52.3 Å². The molecule has 120 valence electrons. The van der Waals surface area contributed by atoms with Gasteiger partial charge in [0.25, 0.3) is 15.0 Å². The summed E-state index contributed by atoms with van der Waals surface area (Å²) in [5.41, 5.74) is 0.227. The minimum atomic E-state index is -3.88. The van der Waals surface area contributed by atoms with E-state index in [1.807, 2.05) is 6.92 Å². The predicted molar refractivity (Wildman–Crippen MR) is 83.6 cm³/mol. The Labute approximate surface area is 131 Å². The number of nitrogens with one attached hydrogen (secondary N) is 1. The molecule has 0 spiro atoms. The van der Waals surface area contributed by atoms with Crippen LogP contribution < -0.4 is 5.32 Å². The van der Waals surface area contributed by atoms with Gasteiger partial charge >= 0.3 is 0 Å². The van der Waals surface area contributed by atoms with Gasteiger partial charge in [-0.1, -0.05) is 6.92 Å². The van der Waals surface area contributed by atoms with E-state index in [1.54, 1.807) is 17.7 Å². The second kappa shape index (κ2) is 7.42. The molecule has 1 amide bonds. The average Bonchev–Trinajstić information content (AvgIpc) is 2.79. The van der Waals surface area contributed by atoms with Gasteiger partial charge in [-0.3, -0.25) is 9.00 Å². The Hall–Kier alpha value is -0.860. The van der Waals surface area contributed by atoms with Gasteiger partial charge in [-0.25, -0.2) is 8.42 Å². The zero-order chi connectivity index (χ0) is 16.2. The van der Waals surface area contributed by atoms with Gasteiger partial charge in [0.2, 0.25) is 0 Å². The minimum Gasteiger partial charge on any atom is -0.350 e. The van der Waals surface area contributed by atoms with Crippen LogP contribution >= 0.6 is 10.7 Å². The molecule has 1 heterocycles. The third-order valence-corrected chi connectivity index (χ3v) is 5.59. The highest BCUT2D eigenvalue weighted by Gasteiger charge is 2.20. The van der Waals surface area contributed by atoms with Gasteiger partial charge in [-0.15, -0.1) is 0 Å². The molecule has 0 aromatic carbocycles. The van der Waals surface area contributed by atoms with E-state index < -0.39 is 25.8 Å². The normalized spacial score (nSPS) is 14.7. The van der Waals surface area contributed by atoms with Crippen molar-refractivity contribution in [1.82, 2.24) is 9.88 Å². The fourth-order valence-corrected chi connectivity index (χ4v) is 2.75. The lowest BCUT2D eigenvalue weighted by molar-refractivity contribution is 0.0944. The summed E-state index contributed by atoms with van der Waals surface area (Å²) in [6, 6.07) is 1.25. The van der Waals surface area contributed by atoms with Gasteiger partial charge in [0.1, 0.15) is 10.6 Å². The molecule has 1 rings (SSSR count). The van der Waals surface area contributed by atoms with E-state index in [4.69, 9.17) is 10.7 Å². The van der Waals surface area contributed by atoms with Crippen molar-refractivity contribution in [2.45, 2.75) is 37.0 Å². The standard InChI is InChI=1S/C12H19ClN2O4S2/c1-4-5-15-8-10(21(13,18)19)6-11(15)12(16)14-7-9(2)20(3)17/h6,8-9H,4-5,7H2,1-3H3,(H,14,16). The van der Waals surface area contributed by atoms with Crippen LogP contribution in [0.4, 0.5) is 0 Å². The summed E-state index contributed by atoms with van der Waals surface area (Å²) in [5.74, 6) is -0.410. The third kappa shape index (κ3) is 5.12. The van der Waals surface area contributed by atoms with Crippen LogP contribution in [0.1, 0.15) is 30.8 Å². The summed E-state index contributed by atoms with van der Waals surface area (Å²) in [4.78, 5) is 12.0. The van der Waals surface area contributed by atoms with Gasteiger partial charge in [-0.2, -0.15) is 0 Å². The molecule has 0 aliphatic rings. The number of hydrogen-bond donors (Lipinski definition) is 1. The van der Waals surface area contributed by atoms with Gasteiger partial charge in [0.15, 0.2) is 0 Å². The average molecular weight is 355 g/mol. The second-order valence-corrected chi connectivity index (χ2v) is 9.08. The molecule has 1 aromatic rings. The van der Waals surface area contributed by atoms with Crippen LogP contribution in [0.2, 0.25) is 0 Å². The molecule has 0 aliphatic carbocycles. The van der Waals surface area contributed by atoms with Crippen molar-refractivity contribution < 1.29 is 17.4 Å². The van der Waals surface area contributed by atoms with E-state index in [9.17, 15) is 17.4 Å². The monoisotopic (exact) mass is 354 g/mol. The van der Waals surface area contributed by atoms with Gasteiger partial charge < -0.3 is 9.88 Å². The highest BCUT2D eigenvalue weighted by atomic mass is 35.7. The molecule has 0 saturated carbocycles. The first kappa shape index (κ1) is 18.2. The highest BCUT2D eigenvalue weighted by molar-refractivity contribution is 8.13. The quantitative estimate of drug-likeness (QED) is 0.748. The lowest BCUT2D eigenvalue weighted by atomic mass is 10.3. The maximum Gasteiger partial charge on any atom is 0.267 e. The van der Waals surface area contributed by atoms with Crippen LogP contribution in [0.3, 0.4) is 0 Å². The number of nitrogens with zero attached hydrogens (tertiary/aromatic N) is 1. The van der Waals surface area contributed by atoms with E-state index in [1.165, 1.54) is 12.3 Å². The Balaban J connectivity index is 2.97. The van der Waals surface area contributed by atoms with E-state index in [0.29, 0.717) is 6.54 Å². The fourth-order valence-electron chi connectivity index (χ4n) is 1.68. The summed E-state index contributed by atoms with van der Waals surface area (Å²) in [6.07, 6.45) is 3.66. The van der Waals surface area contributed by atoms with Crippen molar-refractivity contribution in [3.8, 4) is 0 Å². The molecule has 0 fully saturated rings. The number of amides is 1. The van der Waals surface area contributed by atoms with E-state index in [2.05, 4.69) is 5.32 Å². The van der Waals surface area contributed by atoms with E-state index >= 15 is 0 Å². The first-order valence-electron chi connectivity index (χ1n) is 6.42. The lowest BCUT2D eigenvalue weighted by Gasteiger charge is -2.11. The molecule has 21 heavy (non-hydrogen) atoms. The SMILES string of the molecule is CCCn1cc(S(=O)(=O)Cl)cc1C(=O)NCC(C)S(C)=O. The molecule has 9 heteroatoms. The number of aromatic nitrogens is 1. The van der Waals surface area contributed by atoms with Crippen LogP contribution in [0.25, 0.3) is 0 Å². The van der Waals surface area contributed by atoms with Crippen molar-refractivity contribution in [2.75, 3.05) is 12.8 Å². The number of carbonyl (C=O) groups is 1. The summed E-state index contributed by atoms with van der Waals surface area (Å²) < 4.78 is 35.5. The van der Waals surface area contributed by atoms with Gasteiger partial charge in [0.05, 0.1) is 0 Å². The van der Waals surface area contributed by atoms with Crippen LogP contribution in [0.5, 0.6) is 0 Å². The fraction of sp³-hybridized carbons (Fsp3) is 0.583. The topological polar surface area (TPSA) is 85.2 Å². The smallest absolute Gasteiger partial charge is 0.267 e. The zero-order valence-electron chi connectivity index (χ0n) is 12.1. The summed E-state index contributed by atoms with van der Waals surface area (Å²) in [6.45, 7) is 4.43. The summed E-state index contributed by atoms with van der Waals surface area (Å²) in [5, 5.41) is 2.47. The largest absolute Gasteiger partial charge is 0.350 e. The molecule has 0 aliphatic heterocycles. The molecular weight excluding hydrogens is 336 g/mol. The van der Waals surface area contributed by atoms with Crippen LogP contribution in [0, 0.1) is 0 Å². The number of halogens is 1. The van der Waals surface area contributed by atoms with Crippen molar-refractivity contribution in [1.29, 1.82) is 0 Å². The number of rotatable bonds is 7. The highest BCUT2D eigenvalue weighted by Crippen LogP contribution is 2.19. The molecule has 1 aromatic heterocycles. The Morgan fingerprint density at radius 2 is 2.14 bits per heavy atom. The number of aryl methyl sites for hydroxylation is 1. The molecule has 0 bridgehead atoms. The first-order chi connectivity index (χ1) is 9.66. The zero-order valence-corrected chi connectivity index (χ0v) is 14.5. The van der Waals surface area contributed by atoms with E-state index in [0.717, 1.165) is 6.42 Å². The Morgan fingerprint density at radius 1 is 1.52 bits per heavy atom. The summed E-state index contributed by atoms with van der Waals surface area (Å²) in [7, 11) is 0.387. The second-order valence-electron chi connectivity index (χ2n) is 4.71. The minimum absolute atomic E-state index is 0.102. The van der Waals surface area contributed by atoms with Crippen molar-refractivity contribution in [3.63, 3.8) is 0 Å². The van der Waals surface area contributed by atoms with Crippen LogP contribution in [-0.4, -0.2) is 41.2 Å². The molecule has 2 unspecified atom stereocenters. The molecular formula is C12H19ClN2O4S2. The molecule has 1 N–H and O–H groups in total. The van der Waals surface area contributed by atoms with Crippen molar-refractivity contribution >= 4 is 36.4 Å². The maximum atomic E-state index is 12.1. The lowest BCUT2D eigenvalue weighted by Crippen LogP contribution is -2.33. The summed E-state index contributed by atoms with van der Waals surface area (Å²) >= 11 is 0. The van der Waals surface area contributed by atoms with Crippen LogP contribution in [0.15, 0.2) is 17.2 Å². The molecule has 6 nitrogen and oxygen atoms in total. The van der Waals surface area contributed by atoms with Crippen LogP contribution in [-0.2, 0) is 26.4 Å². The molecule has 2 atom stereocenters. The predicted octanol–water partition coefficient (Wildman–Crippen LogP) is 1.32. The Kier molecular flexibility index (Phi) is 6.42.